The summed E-state index contributed by atoms with van der Waals surface area (Å²) in [5.74, 6) is -0.764. The van der Waals surface area contributed by atoms with Crippen molar-refractivity contribution in [1.82, 2.24) is 0 Å². The van der Waals surface area contributed by atoms with Crippen LogP contribution in [0, 0.1) is 0 Å². The van der Waals surface area contributed by atoms with E-state index in [9.17, 15) is 9.59 Å². The highest BCUT2D eigenvalue weighted by atomic mass is 16.6. The maximum atomic E-state index is 12.5. The first-order valence-corrected chi connectivity index (χ1v) is 8.63. The van der Waals surface area contributed by atoms with Crippen LogP contribution in [0.2, 0.25) is 0 Å². The fourth-order valence-electron chi connectivity index (χ4n) is 3.19. The molecule has 2 unspecified atom stereocenters. The van der Waals surface area contributed by atoms with Gasteiger partial charge in [0, 0.05) is 0 Å². The van der Waals surface area contributed by atoms with Gasteiger partial charge in [-0.3, -0.25) is 0 Å². The molecule has 1 aliphatic rings. The van der Waals surface area contributed by atoms with Crippen molar-refractivity contribution in [3.8, 4) is 0 Å². The number of hydrogen-bond acceptors (Lipinski definition) is 4. The second-order valence-electron chi connectivity index (χ2n) is 6.57. The standard InChI is InChI=1S/C21H22O4/c1-21(25-20(23)17-12-6-3-7-13-17)15-9-8-14-18(21)24-19(22)16-10-4-2-5-11-16/h2-7,10-13,18H,8-9,14-15H2,1H3. The van der Waals surface area contributed by atoms with Crippen LogP contribution >= 0.6 is 0 Å². The lowest BCUT2D eigenvalue weighted by Crippen LogP contribution is -2.48. The molecular weight excluding hydrogens is 316 g/mol. The minimum Gasteiger partial charge on any atom is -0.455 e. The number of ether oxygens (including phenoxy) is 2. The summed E-state index contributed by atoms with van der Waals surface area (Å²) >= 11 is 0. The lowest BCUT2D eigenvalue weighted by atomic mass is 9.83. The van der Waals surface area contributed by atoms with E-state index >= 15 is 0 Å². The minimum absolute atomic E-state index is 0.380. The molecule has 0 aliphatic heterocycles. The lowest BCUT2D eigenvalue weighted by molar-refractivity contribution is -0.106. The second kappa shape index (κ2) is 7.51. The summed E-state index contributed by atoms with van der Waals surface area (Å²) in [5, 5.41) is 0. The molecule has 2 aromatic carbocycles. The topological polar surface area (TPSA) is 52.6 Å². The van der Waals surface area contributed by atoms with E-state index in [0.717, 1.165) is 12.8 Å². The Morgan fingerprint density at radius 2 is 1.44 bits per heavy atom. The molecule has 0 spiro atoms. The van der Waals surface area contributed by atoms with E-state index in [1.54, 1.807) is 48.5 Å². The normalized spacial score (nSPS) is 22.8. The zero-order valence-electron chi connectivity index (χ0n) is 14.3. The maximum Gasteiger partial charge on any atom is 0.338 e. The maximum absolute atomic E-state index is 12.5. The van der Waals surface area contributed by atoms with Crippen LogP contribution in [-0.2, 0) is 9.47 Å². The molecule has 0 saturated heterocycles. The molecule has 0 amide bonds. The van der Waals surface area contributed by atoms with Crippen molar-refractivity contribution in [3.05, 3.63) is 71.8 Å². The van der Waals surface area contributed by atoms with Crippen molar-refractivity contribution in [2.75, 3.05) is 0 Å². The third kappa shape index (κ3) is 4.08. The van der Waals surface area contributed by atoms with Crippen molar-refractivity contribution in [1.29, 1.82) is 0 Å². The predicted molar refractivity (Wildman–Crippen MR) is 94.4 cm³/mol. The van der Waals surface area contributed by atoms with Gasteiger partial charge in [0.2, 0.25) is 0 Å². The fraction of sp³-hybridized carbons (Fsp3) is 0.333. The first kappa shape index (κ1) is 17.2. The number of carbonyl (C=O) groups excluding carboxylic acids is 2. The Morgan fingerprint density at radius 1 is 0.880 bits per heavy atom. The van der Waals surface area contributed by atoms with E-state index < -0.39 is 11.7 Å². The van der Waals surface area contributed by atoms with Crippen LogP contribution in [0.1, 0.15) is 53.3 Å². The zero-order chi connectivity index (χ0) is 17.7. The van der Waals surface area contributed by atoms with Crippen LogP contribution in [0.15, 0.2) is 60.7 Å². The highest BCUT2D eigenvalue weighted by Gasteiger charge is 2.43. The molecule has 0 radical (unpaired) electrons. The number of benzene rings is 2. The Kier molecular flexibility index (Phi) is 5.17. The molecule has 2 aromatic rings. The van der Waals surface area contributed by atoms with Crippen LogP contribution in [-0.4, -0.2) is 23.6 Å². The average Bonchev–Trinajstić information content (AvgIpc) is 2.65. The molecule has 0 heterocycles. The summed E-state index contributed by atoms with van der Waals surface area (Å²) in [6, 6.07) is 17.8. The molecular formula is C21H22O4. The molecule has 1 aliphatic carbocycles. The van der Waals surface area contributed by atoms with Crippen molar-refractivity contribution in [2.45, 2.75) is 44.3 Å². The number of hydrogen-bond donors (Lipinski definition) is 0. The Balaban J connectivity index is 1.73. The van der Waals surface area contributed by atoms with Crippen molar-refractivity contribution < 1.29 is 19.1 Å². The van der Waals surface area contributed by atoms with Crippen molar-refractivity contribution in [2.24, 2.45) is 0 Å². The number of rotatable bonds is 4. The van der Waals surface area contributed by atoms with E-state index in [0.29, 0.717) is 24.0 Å². The molecule has 25 heavy (non-hydrogen) atoms. The molecule has 1 fully saturated rings. The van der Waals surface area contributed by atoms with Gasteiger partial charge in [-0.2, -0.15) is 0 Å². The highest BCUT2D eigenvalue weighted by Crippen LogP contribution is 2.35. The number of esters is 2. The van der Waals surface area contributed by atoms with Crippen LogP contribution < -0.4 is 0 Å². The Labute approximate surface area is 147 Å². The monoisotopic (exact) mass is 338 g/mol. The van der Waals surface area contributed by atoms with Gasteiger partial charge < -0.3 is 9.47 Å². The first-order chi connectivity index (χ1) is 12.1. The van der Waals surface area contributed by atoms with Gasteiger partial charge in [0.15, 0.2) is 0 Å². The molecule has 4 heteroatoms. The molecule has 2 atom stereocenters. The Morgan fingerprint density at radius 3 is 2.04 bits per heavy atom. The quantitative estimate of drug-likeness (QED) is 0.775. The molecule has 0 aromatic heterocycles. The van der Waals surface area contributed by atoms with Crippen molar-refractivity contribution in [3.63, 3.8) is 0 Å². The lowest BCUT2D eigenvalue weighted by Gasteiger charge is -2.39. The Bertz CT molecular complexity index is 726. The average molecular weight is 338 g/mol. The van der Waals surface area contributed by atoms with Crippen LogP contribution in [0.5, 0.6) is 0 Å². The summed E-state index contributed by atoms with van der Waals surface area (Å²) in [5.41, 5.74) is 0.197. The molecule has 130 valence electrons. The fourth-order valence-corrected chi connectivity index (χ4v) is 3.19. The SMILES string of the molecule is CC1(OC(=O)c2ccccc2)CCCCC1OC(=O)c1ccccc1. The second-order valence-corrected chi connectivity index (χ2v) is 6.57. The van der Waals surface area contributed by atoms with E-state index in [-0.39, 0.29) is 11.9 Å². The summed E-state index contributed by atoms with van der Waals surface area (Å²) in [4.78, 5) is 24.9. The molecule has 0 N–H and O–H groups in total. The van der Waals surface area contributed by atoms with E-state index in [4.69, 9.17) is 9.47 Å². The third-order valence-corrected chi connectivity index (χ3v) is 4.66. The molecule has 4 nitrogen and oxygen atoms in total. The highest BCUT2D eigenvalue weighted by molar-refractivity contribution is 5.90. The minimum atomic E-state index is -0.810. The smallest absolute Gasteiger partial charge is 0.338 e. The van der Waals surface area contributed by atoms with Gasteiger partial charge in [-0.25, -0.2) is 9.59 Å². The first-order valence-electron chi connectivity index (χ1n) is 8.63. The zero-order valence-corrected chi connectivity index (χ0v) is 14.3. The summed E-state index contributed by atoms with van der Waals surface area (Å²) < 4.78 is 11.5. The molecule has 1 saturated carbocycles. The van der Waals surface area contributed by atoms with Crippen molar-refractivity contribution >= 4 is 11.9 Å². The van der Waals surface area contributed by atoms with E-state index in [2.05, 4.69) is 0 Å². The summed E-state index contributed by atoms with van der Waals surface area (Å²) in [6.07, 6.45) is 2.82. The van der Waals surface area contributed by atoms with E-state index in [1.807, 2.05) is 19.1 Å². The molecule has 0 bridgehead atoms. The largest absolute Gasteiger partial charge is 0.455 e. The van der Waals surface area contributed by atoms with Gasteiger partial charge in [-0.05, 0) is 56.9 Å². The summed E-state index contributed by atoms with van der Waals surface area (Å²) in [6.45, 7) is 1.86. The molecule has 3 rings (SSSR count). The number of carbonyl (C=O) groups is 2. The van der Waals surface area contributed by atoms with Crippen LogP contribution in [0.4, 0.5) is 0 Å². The van der Waals surface area contributed by atoms with Gasteiger partial charge >= 0.3 is 11.9 Å². The van der Waals surface area contributed by atoms with Gasteiger partial charge in [0.25, 0.3) is 0 Å². The Hall–Kier alpha value is -2.62. The van der Waals surface area contributed by atoms with Gasteiger partial charge in [0.1, 0.15) is 11.7 Å². The third-order valence-electron chi connectivity index (χ3n) is 4.66. The van der Waals surface area contributed by atoms with Gasteiger partial charge in [-0.1, -0.05) is 36.4 Å². The van der Waals surface area contributed by atoms with E-state index in [1.165, 1.54) is 0 Å². The summed E-state index contributed by atoms with van der Waals surface area (Å²) in [7, 11) is 0. The van der Waals surface area contributed by atoms with Gasteiger partial charge in [-0.15, -0.1) is 0 Å². The van der Waals surface area contributed by atoms with Crippen LogP contribution in [0.3, 0.4) is 0 Å². The predicted octanol–water partition coefficient (Wildman–Crippen LogP) is 4.40. The van der Waals surface area contributed by atoms with Gasteiger partial charge in [0.05, 0.1) is 11.1 Å². The van der Waals surface area contributed by atoms with Crippen LogP contribution in [0.25, 0.3) is 0 Å².